The zero-order valence-electron chi connectivity index (χ0n) is 16.5. The molecular weight excluding hydrogens is 445 g/mol. The lowest BCUT2D eigenvalue weighted by atomic mass is 10.1. The first kappa shape index (κ1) is 22.6. The second kappa shape index (κ2) is 9.80. The highest BCUT2D eigenvalue weighted by atomic mass is 35.5. The number of nitrogens with zero attached hydrogens (tertiary/aromatic N) is 1. The van der Waals surface area contributed by atoms with Gasteiger partial charge in [-0.25, -0.2) is 9.59 Å². The van der Waals surface area contributed by atoms with Gasteiger partial charge < -0.3 is 15.4 Å². The number of carbonyl (C=O) groups excluding carboxylic acids is 4. The largest absolute Gasteiger partial charge is 0.452 e. The van der Waals surface area contributed by atoms with Crippen molar-refractivity contribution in [3.8, 4) is 0 Å². The van der Waals surface area contributed by atoms with Crippen LogP contribution in [-0.4, -0.2) is 41.9 Å². The molecule has 2 N–H and O–H groups in total. The summed E-state index contributed by atoms with van der Waals surface area (Å²) in [6.07, 6.45) is 0. The summed E-state index contributed by atoms with van der Waals surface area (Å²) in [6.45, 7) is 1.40. The Labute approximate surface area is 188 Å². The second-order valence-corrected chi connectivity index (χ2v) is 7.69. The fourth-order valence-electron chi connectivity index (χ4n) is 2.91. The molecule has 0 aromatic heterocycles. The molecule has 0 saturated carbocycles. The predicted molar refractivity (Wildman–Crippen MR) is 114 cm³/mol. The molecule has 0 spiro atoms. The van der Waals surface area contributed by atoms with Crippen molar-refractivity contribution in [2.75, 3.05) is 13.2 Å². The highest BCUT2D eigenvalue weighted by Gasteiger charge is 2.28. The molecule has 2 aromatic carbocycles. The van der Waals surface area contributed by atoms with E-state index in [1.807, 2.05) is 0 Å². The fourth-order valence-corrected chi connectivity index (χ4v) is 3.21. The molecule has 10 heteroatoms. The van der Waals surface area contributed by atoms with Gasteiger partial charge in [-0.2, -0.15) is 0 Å². The van der Waals surface area contributed by atoms with Crippen LogP contribution in [-0.2, 0) is 20.9 Å². The molecule has 1 saturated heterocycles. The molecule has 31 heavy (non-hydrogen) atoms. The Morgan fingerprint density at radius 3 is 2.45 bits per heavy atom. The molecule has 0 aliphatic carbocycles. The van der Waals surface area contributed by atoms with Crippen LogP contribution in [0.5, 0.6) is 0 Å². The van der Waals surface area contributed by atoms with Crippen LogP contribution >= 0.6 is 23.2 Å². The summed E-state index contributed by atoms with van der Waals surface area (Å²) >= 11 is 11.9. The van der Waals surface area contributed by atoms with Crippen LogP contribution in [0.25, 0.3) is 0 Å². The van der Waals surface area contributed by atoms with Gasteiger partial charge in [0.1, 0.15) is 0 Å². The number of hydrogen-bond acceptors (Lipinski definition) is 5. The summed E-state index contributed by atoms with van der Waals surface area (Å²) in [5, 5.41) is 5.95. The minimum absolute atomic E-state index is 0.0189. The SMILES string of the molecule is CC(NC(=O)COC(=O)c1ccc(CN2C(=O)CNC2=O)cc1)c1ccc(Cl)c(Cl)c1. The molecule has 1 aliphatic heterocycles. The van der Waals surface area contributed by atoms with Gasteiger partial charge in [0, 0.05) is 0 Å². The first-order chi connectivity index (χ1) is 14.7. The molecular formula is C21H19Cl2N3O5. The van der Waals surface area contributed by atoms with E-state index in [0.717, 1.165) is 10.5 Å². The Kier molecular flexibility index (Phi) is 7.14. The first-order valence-electron chi connectivity index (χ1n) is 9.33. The van der Waals surface area contributed by atoms with Gasteiger partial charge in [0.05, 0.1) is 34.7 Å². The molecule has 1 aliphatic rings. The normalized spacial score (nSPS) is 14.2. The van der Waals surface area contributed by atoms with E-state index in [0.29, 0.717) is 15.6 Å². The van der Waals surface area contributed by atoms with Gasteiger partial charge in [0.2, 0.25) is 5.91 Å². The monoisotopic (exact) mass is 463 g/mol. The number of carbonyl (C=O) groups is 4. The van der Waals surface area contributed by atoms with Crippen LogP contribution in [0.2, 0.25) is 10.0 Å². The number of nitrogens with one attached hydrogen (secondary N) is 2. The number of urea groups is 1. The van der Waals surface area contributed by atoms with E-state index in [2.05, 4.69) is 10.6 Å². The first-order valence-corrected chi connectivity index (χ1v) is 10.1. The molecule has 3 rings (SSSR count). The maximum absolute atomic E-state index is 12.2. The zero-order valence-corrected chi connectivity index (χ0v) is 18.0. The van der Waals surface area contributed by atoms with Crippen LogP contribution in [0.15, 0.2) is 42.5 Å². The van der Waals surface area contributed by atoms with E-state index in [4.69, 9.17) is 27.9 Å². The Hall–Kier alpha value is -3.10. The van der Waals surface area contributed by atoms with Gasteiger partial charge in [-0.3, -0.25) is 14.5 Å². The average Bonchev–Trinajstić information content (AvgIpc) is 3.06. The van der Waals surface area contributed by atoms with E-state index in [-0.39, 0.29) is 30.6 Å². The van der Waals surface area contributed by atoms with Crippen LogP contribution in [0.1, 0.15) is 34.5 Å². The standard InChI is InChI=1S/C21H19Cl2N3O5/c1-12(15-6-7-16(22)17(23)8-15)25-18(27)11-31-20(29)14-4-2-13(3-5-14)10-26-19(28)9-24-21(26)30/h2-8,12H,9-11H2,1H3,(H,24,30)(H,25,27). The second-order valence-electron chi connectivity index (χ2n) is 6.87. The summed E-state index contributed by atoms with van der Waals surface area (Å²) in [7, 11) is 0. The van der Waals surface area contributed by atoms with Crippen molar-refractivity contribution in [2.45, 2.75) is 19.5 Å². The van der Waals surface area contributed by atoms with Gasteiger partial charge >= 0.3 is 12.0 Å². The summed E-state index contributed by atoms with van der Waals surface area (Å²) in [6, 6.07) is 10.5. The van der Waals surface area contributed by atoms with Gasteiger partial charge in [0.15, 0.2) is 6.61 Å². The Bertz CT molecular complexity index is 1010. The molecule has 0 radical (unpaired) electrons. The molecule has 1 unspecified atom stereocenters. The summed E-state index contributed by atoms with van der Waals surface area (Å²) < 4.78 is 5.05. The average molecular weight is 464 g/mol. The molecule has 1 heterocycles. The van der Waals surface area contributed by atoms with Gasteiger partial charge in [-0.05, 0) is 42.3 Å². The highest BCUT2D eigenvalue weighted by Crippen LogP contribution is 2.25. The number of esters is 1. The van der Waals surface area contributed by atoms with Crippen LogP contribution in [0.3, 0.4) is 0 Å². The maximum Gasteiger partial charge on any atom is 0.338 e. The van der Waals surface area contributed by atoms with Crippen molar-refractivity contribution in [1.29, 1.82) is 0 Å². The summed E-state index contributed by atoms with van der Waals surface area (Å²) in [5.74, 6) is -1.45. The summed E-state index contributed by atoms with van der Waals surface area (Å²) in [4.78, 5) is 48.6. The van der Waals surface area contributed by atoms with Gasteiger partial charge in [-0.1, -0.05) is 41.4 Å². The van der Waals surface area contributed by atoms with Crippen molar-refractivity contribution in [3.05, 3.63) is 69.2 Å². The lowest BCUT2D eigenvalue weighted by Gasteiger charge is -2.15. The number of imide groups is 1. The van der Waals surface area contributed by atoms with E-state index < -0.39 is 24.5 Å². The van der Waals surface area contributed by atoms with Gasteiger partial charge in [-0.15, -0.1) is 0 Å². The lowest BCUT2D eigenvalue weighted by molar-refractivity contribution is -0.125. The zero-order chi connectivity index (χ0) is 22.5. The Balaban J connectivity index is 1.49. The minimum Gasteiger partial charge on any atom is -0.452 e. The summed E-state index contributed by atoms with van der Waals surface area (Å²) in [5.41, 5.74) is 1.68. The number of rotatable bonds is 7. The minimum atomic E-state index is -0.668. The molecule has 4 amide bonds. The Morgan fingerprint density at radius 1 is 1.13 bits per heavy atom. The van der Waals surface area contributed by atoms with Crippen molar-refractivity contribution in [2.24, 2.45) is 0 Å². The maximum atomic E-state index is 12.2. The van der Waals surface area contributed by atoms with Gasteiger partial charge in [0.25, 0.3) is 5.91 Å². The smallest absolute Gasteiger partial charge is 0.338 e. The van der Waals surface area contributed by atoms with Crippen LogP contribution in [0.4, 0.5) is 4.79 Å². The molecule has 1 atom stereocenters. The molecule has 8 nitrogen and oxygen atoms in total. The predicted octanol–water partition coefficient (Wildman–Crippen LogP) is 3.08. The van der Waals surface area contributed by atoms with Crippen molar-refractivity contribution in [3.63, 3.8) is 0 Å². The number of hydrogen-bond donors (Lipinski definition) is 2. The third-order valence-corrected chi connectivity index (χ3v) is 5.36. The van der Waals surface area contributed by atoms with Crippen molar-refractivity contribution in [1.82, 2.24) is 15.5 Å². The third kappa shape index (κ3) is 5.74. The van der Waals surface area contributed by atoms with Crippen molar-refractivity contribution >= 4 is 47.0 Å². The van der Waals surface area contributed by atoms with E-state index in [9.17, 15) is 19.2 Å². The van der Waals surface area contributed by atoms with E-state index in [1.165, 1.54) is 12.1 Å². The van der Waals surface area contributed by atoms with Crippen LogP contribution < -0.4 is 10.6 Å². The molecule has 1 fully saturated rings. The lowest BCUT2D eigenvalue weighted by Crippen LogP contribution is -2.31. The number of halogens is 2. The topological polar surface area (TPSA) is 105 Å². The van der Waals surface area contributed by atoms with E-state index in [1.54, 1.807) is 37.3 Å². The highest BCUT2D eigenvalue weighted by molar-refractivity contribution is 6.42. The third-order valence-electron chi connectivity index (χ3n) is 4.62. The van der Waals surface area contributed by atoms with Crippen LogP contribution in [0, 0.1) is 0 Å². The molecule has 2 aromatic rings. The van der Waals surface area contributed by atoms with E-state index >= 15 is 0 Å². The number of amides is 4. The Morgan fingerprint density at radius 2 is 1.84 bits per heavy atom. The number of benzene rings is 2. The quantitative estimate of drug-likeness (QED) is 0.484. The fraction of sp³-hybridized carbons (Fsp3) is 0.238. The number of ether oxygens (including phenoxy) is 1. The molecule has 162 valence electrons. The van der Waals surface area contributed by atoms with Crippen molar-refractivity contribution < 1.29 is 23.9 Å². The molecule has 0 bridgehead atoms.